The van der Waals surface area contributed by atoms with Gasteiger partial charge in [0.2, 0.25) is 11.8 Å². The molecule has 1 fully saturated rings. The summed E-state index contributed by atoms with van der Waals surface area (Å²) < 4.78 is 38.6. The molecule has 108 valence electrons. The highest BCUT2D eigenvalue weighted by Gasteiger charge is 2.34. The predicted octanol–water partition coefficient (Wildman–Crippen LogP) is 0.661. The molecular weight excluding hydrogens is 277 g/mol. The molecule has 1 aromatic rings. The number of carbonyl (C=O) groups excluding carboxylic acids is 2. The van der Waals surface area contributed by atoms with Crippen LogP contribution in [-0.2, 0) is 22.4 Å². The summed E-state index contributed by atoms with van der Waals surface area (Å²) in [5.41, 5.74) is -1.12. The Hall–Kier alpha value is -2.09. The first kappa shape index (κ1) is 14.3. The Labute approximate surface area is 112 Å². The highest BCUT2D eigenvalue weighted by molar-refractivity contribution is 6.02. The van der Waals surface area contributed by atoms with Gasteiger partial charge < -0.3 is 10.0 Å². The van der Waals surface area contributed by atoms with E-state index in [1.165, 1.54) is 11.0 Å². The second-order valence-electron chi connectivity index (χ2n) is 4.32. The van der Waals surface area contributed by atoms with Gasteiger partial charge in [-0.2, -0.15) is 13.2 Å². The number of aliphatic hydroxyl groups is 1. The Kier molecular flexibility index (Phi) is 3.67. The Morgan fingerprint density at radius 2 is 1.80 bits per heavy atom. The van der Waals surface area contributed by atoms with Crippen molar-refractivity contribution < 1.29 is 27.9 Å². The second kappa shape index (κ2) is 5.12. The molecule has 5 nitrogen and oxygen atoms in total. The predicted molar refractivity (Wildman–Crippen MR) is 62.7 cm³/mol. The Morgan fingerprint density at radius 3 is 2.30 bits per heavy atom. The number of alkyl halides is 3. The molecule has 0 bridgehead atoms. The fourth-order valence-electron chi connectivity index (χ4n) is 1.98. The summed E-state index contributed by atoms with van der Waals surface area (Å²) in [6.45, 7) is -1.13. The third-order valence-corrected chi connectivity index (χ3v) is 2.88. The number of nitrogens with zero attached hydrogens (tertiary/aromatic N) is 1. The van der Waals surface area contributed by atoms with Crippen molar-refractivity contribution in [1.82, 2.24) is 5.32 Å². The van der Waals surface area contributed by atoms with Crippen LogP contribution in [0.25, 0.3) is 0 Å². The molecule has 1 aliphatic rings. The van der Waals surface area contributed by atoms with Gasteiger partial charge in [-0.05, 0) is 17.7 Å². The van der Waals surface area contributed by atoms with E-state index < -0.39 is 30.2 Å². The minimum absolute atomic E-state index is 0.109. The van der Waals surface area contributed by atoms with Crippen LogP contribution in [0.4, 0.5) is 18.9 Å². The molecule has 0 aliphatic carbocycles. The maximum atomic E-state index is 12.9. The Morgan fingerprint density at radius 1 is 1.20 bits per heavy atom. The number of benzene rings is 1. The molecule has 0 aromatic heterocycles. The third kappa shape index (κ3) is 2.90. The fraction of sp³-hybridized carbons (Fsp3) is 0.333. The van der Waals surface area contributed by atoms with Crippen molar-refractivity contribution in [2.75, 3.05) is 18.0 Å². The molecule has 0 radical (unpaired) electrons. The van der Waals surface area contributed by atoms with Crippen LogP contribution >= 0.6 is 0 Å². The molecule has 1 aliphatic heterocycles. The van der Waals surface area contributed by atoms with Crippen molar-refractivity contribution in [2.24, 2.45) is 0 Å². The van der Waals surface area contributed by atoms with E-state index in [9.17, 15) is 22.8 Å². The number of hydrogen-bond acceptors (Lipinski definition) is 4. The normalized spacial score (nSPS) is 16.3. The van der Waals surface area contributed by atoms with E-state index in [1.807, 2.05) is 0 Å². The van der Waals surface area contributed by atoms with E-state index in [2.05, 4.69) is 5.32 Å². The lowest BCUT2D eigenvalue weighted by Gasteiger charge is -2.28. The van der Waals surface area contributed by atoms with E-state index in [1.54, 1.807) is 0 Å². The van der Waals surface area contributed by atoms with Gasteiger partial charge in [0.1, 0.15) is 0 Å². The molecule has 1 saturated heterocycles. The topological polar surface area (TPSA) is 69.6 Å². The number of nitrogens with one attached hydrogen (secondary N) is 1. The summed E-state index contributed by atoms with van der Waals surface area (Å²) in [6.07, 6.45) is -4.61. The van der Waals surface area contributed by atoms with Gasteiger partial charge in [0, 0.05) is 5.69 Å². The molecule has 0 unspecified atom stereocenters. The van der Waals surface area contributed by atoms with Crippen molar-refractivity contribution in [3.05, 3.63) is 29.3 Å². The molecule has 2 N–H and O–H groups in total. The third-order valence-electron chi connectivity index (χ3n) is 2.88. The summed E-state index contributed by atoms with van der Waals surface area (Å²) in [4.78, 5) is 23.7. The first-order valence-corrected chi connectivity index (χ1v) is 5.70. The highest BCUT2D eigenvalue weighted by Crippen LogP contribution is 2.34. The average Bonchev–Trinajstić information content (AvgIpc) is 2.35. The van der Waals surface area contributed by atoms with Crippen molar-refractivity contribution in [3.8, 4) is 0 Å². The second-order valence-corrected chi connectivity index (χ2v) is 4.32. The number of halogens is 3. The number of anilines is 1. The minimum Gasteiger partial charge on any atom is -0.392 e. The largest absolute Gasteiger partial charge is 0.416 e. The van der Waals surface area contributed by atoms with E-state index in [4.69, 9.17) is 5.11 Å². The summed E-state index contributed by atoms with van der Waals surface area (Å²) in [6, 6.07) is 3.30. The smallest absolute Gasteiger partial charge is 0.392 e. The van der Waals surface area contributed by atoms with Crippen molar-refractivity contribution >= 4 is 17.5 Å². The summed E-state index contributed by atoms with van der Waals surface area (Å²) in [7, 11) is 0. The van der Waals surface area contributed by atoms with Crippen molar-refractivity contribution in [3.63, 3.8) is 0 Å². The van der Waals surface area contributed by atoms with Gasteiger partial charge in [0.15, 0.2) is 0 Å². The van der Waals surface area contributed by atoms with Gasteiger partial charge in [-0.15, -0.1) is 0 Å². The van der Waals surface area contributed by atoms with Gasteiger partial charge in [-0.25, -0.2) is 0 Å². The van der Waals surface area contributed by atoms with Crippen LogP contribution in [0.1, 0.15) is 11.1 Å². The van der Waals surface area contributed by atoms with E-state index in [-0.39, 0.29) is 24.3 Å². The lowest BCUT2D eigenvalue weighted by Crippen LogP contribution is -2.51. The SMILES string of the molecule is O=C1CN(c2ccc(CO)c(C(F)(F)F)c2)CC(=O)N1. The van der Waals surface area contributed by atoms with Crippen molar-refractivity contribution in [1.29, 1.82) is 0 Å². The zero-order valence-electron chi connectivity index (χ0n) is 10.2. The molecular formula is C12H11F3N2O3. The van der Waals surface area contributed by atoms with Crippen LogP contribution in [0.2, 0.25) is 0 Å². The number of hydrogen-bond donors (Lipinski definition) is 2. The highest BCUT2D eigenvalue weighted by atomic mass is 19.4. The minimum atomic E-state index is -4.61. The summed E-state index contributed by atoms with van der Waals surface area (Å²) in [5.74, 6) is -1.14. The molecule has 20 heavy (non-hydrogen) atoms. The van der Waals surface area contributed by atoms with E-state index in [0.29, 0.717) is 0 Å². The Balaban J connectivity index is 2.38. The van der Waals surface area contributed by atoms with Crippen LogP contribution in [0.15, 0.2) is 18.2 Å². The Bertz CT molecular complexity index is 541. The molecule has 1 heterocycles. The molecule has 0 spiro atoms. The number of carbonyl (C=O) groups is 2. The van der Waals surface area contributed by atoms with Crippen LogP contribution < -0.4 is 10.2 Å². The van der Waals surface area contributed by atoms with Crippen molar-refractivity contribution in [2.45, 2.75) is 12.8 Å². The maximum Gasteiger partial charge on any atom is 0.416 e. The van der Waals surface area contributed by atoms with Crippen LogP contribution in [-0.4, -0.2) is 30.0 Å². The zero-order valence-corrected chi connectivity index (χ0v) is 10.2. The average molecular weight is 288 g/mol. The van der Waals surface area contributed by atoms with E-state index in [0.717, 1.165) is 12.1 Å². The summed E-state index contributed by atoms with van der Waals surface area (Å²) in [5, 5.41) is 11.0. The van der Waals surface area contributed by atoms with Gasteiger partial charge in [0.05, 0.1) is 25.3 Å². The lowest BCUT2D eigenvalue weighted by molar-refractivity contribution is -0.138. The lowest BCUT2D eigenvalue weighted by atomic mass is 10.1. The molecule has 8 heteroatoms. The van der Waals surface area contributed by atoms with Crippen LogP contribution in [0.3, 0.4) is 0 Å². The summed E-state index contributed by atoms with van der Waals surface area (Å²) >= 11 is 0. The number of imide groups is 1. The fourth-order valence-corrected chi connectivity index (χ4v) is 1.98. The quantitative estimate of drug-likeness (QED) is 0.784. The number of aliphatic hydroxyl groups excluding tert-OH is 1. The number of amides is 2. The van der Waals surface area contributed by atoms with Gasteiger partial charge in [-0.1, -0.05) is 6.07 Å². The molecule has 1 aromatic carbocycles. The van der Waals surface area contributed by atoms with Gasteiger partial charge in [-0.3, -0.25) is 14.9 Å². The van der Waals surface area contributed by atoms with Gasteiger partial charge >= 0.3 is 6.18 Å². The monoisotopic (exact) mass is 288 g/mol. The standard InChI is InChI=1S/C12H11F3N2O3/c13-12(14,15)9-3-8(2-1-7(9)6-18)17-4-10(19)16-11(20)5-17/h1-3,18H,4-6H2,(H,16,19,20). The van der Waals surface area contributed by atoms with Gasteiger partial charge in [0.25, 0.3) is 0 Å². The molecule has 2 amide bonds. The van der Waals surface area contributed by atoms with Crippen LogP contribution in [0.5, 0.6) is 0 Å². The van der Waals surface area contributed by atoms with E-state index >= 15 is 0 Å². The number of rotatable bonds is 2. The molecule has 0 atom stereocenters. The molecule has 0 saturated carbocycles. The maximum absolute atomic E-state index is 12.9. The first-order chi connectivity index (χ1) is 9.31. The first-order valence-electron chi connectivity index (χ1n) is 5.70. The zero-order chi connectivity index (χ0) is 14.9. The number of piperazine rings is 1. The molecule has 2 rings (SSSR count). The van der Waals surface area contributed by atoms with Crippen LogP contribution in [0, 0.1) is 0 Å².